The zero-order valence-electron chi connectivity index (χ0n) is 16.0. The molecule has 3 unspecified atom stereocenters. The number of nitrogens with one attached hydrogen (secondary N) is 1. The monoisotopic (exact) mass is 419 g/mol. The minimum Gasteiger partial charge on any atom is -0.481 e. The average molecular weight is 420 g/mol. The van der Waals surface area contributed by atoms with Gasteiger partial charge in [0.25, 0.3) is 0 Å². The number of aliphatic hydroxyl groups excluding tert-OH is 2. The number of aryl methyl sites for hydroxylation is 1. The van der Waals surface area contributed by atoms with Crippen LogP contribution in [0.3, 0.4) is 0 Å². The second-order valence-electron chi connectivity index (χ2n) is 6.81. The van der Waals surface area contributed by atoms with Gasteiger partial charge in [0.2, 0.25) is 11.8 Å². The van der Waals surface area contributed by atoms with Crippen LogP contribution in [0.25, 0.3) is 0 Å². The van der Waals surface area contributed by atoms with Crippen LogP contribution >= 0.6 is 11.6 Å². The van der Waals surface area contributed by atoms with Gasteiger partial charge in [-0.05, 0) is 25.8 Å². The van der Waals surface area contributed by atoms with Crippen molar-refractivity contribution >= 4 is 23.4 Å². The molecule has 1 saturated carbocycles. The third kappa shape index (κ3) is 4.36. The van der Waals surface area contributed by atoms with Crippen LogP contribution < -0.4 is 15.8 Å². The average Bonchev–Trinajstić information content (AvgIpc) is 2.96. The number of ether oxygens (including phenoxy) is 1. The molecule has 0 amide bonds. The smallest absolute Gasteiger partial charge is 0.223 e. The van der Waals surface area contributed by atoms with E-state index in [0.717, 1.165) is 0 Å². The second kappa shape index (κ2) is 8.39. The van der Waals surface area contributed by atoms with Crippen molar-refractivity contribution in [3.05, 3.63) is 34.1 Å². The molecule has 9 nitrogen and oxygen atoms in total. The summed E-state index contributed by atoms with van der Waals surface area (Å²) >= 11 is 6.22. The van der Waals surface area contributed by atoms with E-state index < -0.39 is 17.7 Å². The molecular formula is C19H22ClN5O4. The Hall–Kier alpha value is -2.64. The summed E-state index contributed by atoms with van der Waals surface area (Å²) in [5.74, 6) is 5.84. The number of hydrogen-bond acceptors (Lipinski definition) is 9. The van der Waals surface area contributed by atoms with Crippen molar-refractivity contribution in [2.24, 2.45) is 5.92 Å². The van der Waals surface area contributed by atoms with Gasteiger partial charge in [-0.1, -0.05) is 23.4 Å². The van der Waals surface area contributed by atoms with E-state index in [9.17, 15) is 15.3 Å². The maximum absolute atomic E-state index is 10.8. The fraction of sp³-hybridized carbons (Fsp3) is 0.421. The van der Waals surface area contributed by atoms with Crippen LogP contribution in [0, 0.1) is 24.7 Å². The molecule has 0 bridgehead atoms. The molecule has 1 aliphatic rings. The molecule has 2 aromatic heterocycles. The molecule has 2 aromatic rings. The van der Waals surface area contributed by atoms with E-state index in [1.807, 2.05) is 0 Å². The van der Waals surface area contributed by atoms with E-state index in [0.29, 0.717) is 23.6 Å². The number of hydrogen-bond donors (Lipinski definition) is 5. The number of halogens is 1. The maximum atomic E-state index is 10.8. The van der Waals surface area contributed by atoms with Crippen molar-refractivity contribution in [1.29, 1.82) is 0 Å². The highest BCUT2D eigenvalue weighted by Crippen LogP contribution is 2.36. The standard InChI is InChI=1S/C19H22ClN5O4/c1-10-11(4-6-14(22-10)29-2)3-5-13-16(20)23-18(21)24-17(13)25-19(28)8-7-12(9-26)15(19)27/h4,6,12,15,26-28H,7-9H2,1-2H3,(H3,21,23,24,25). The summed E-state index contributed by atoms with van der Waals surface area (Å²) in [5, 5.41) is 33.3. The predicted molar refractivity (Wildman–Crippen MR) is 107 cm³/mol. The van der Waals surface area contributed by atoms with Crippen molar-refractivity contribution in [2.45, 2.75) is 31.6 Å². The number of nitrogens with two attached hydrogens (primary N) is 1. The Kier molecular flexibility index (Phi) is 6.10. The van der Waals surface area contributed by atoms with Gasteiger partial charge in [0.1, 0.15) is 11.7 Å². The topological polar surface area (TPSA) is 147 Å². The Bertz CT molecular complexity index is 977. The van der Waals surface area contributed by atoms with Crippen LogP contribution in [0.4, 0.5) is 11.8 Å². The molecular weight excluding hydrogens is 398 g/mol. The van der Waals surface area contributed by atoms with Gasteiger partial charge in [0.15, 0.2) is 16.7 Å². The molecule has 6 N–H and O–H groups in total. The Morgan fingerprint density at radius 3 is 2.72 bits per heavy atom. The van der Waals surface area contributed by atoms with Gasteiger partial charge in [-0.2, -0.15) is 9.97 Å². The largest absolute Gasteiger partial charge is 0.481 e. The van der Waals surface area contributed by atoms with Crippen molar-refractivity contribution < 1.29 is 20.1 Å². The van der Waals surface area contributed by atoms with E-state index >= 15 is 0 Å². The molecule has 0 aromatic carbocycles. The Morgan fingerprint density at radius 2 is 2.10 bits per heavy atom. The Balaban J connectivity index is 1.97. The van der Waals surface area contributed by atoms with Crippen LogP contribution in [0.5, 0.6) is 5.88 Å². The first kappa shape index (κ1) is 21.1. The fourth-order valence-electron chi connectivity index (χ4n) is 3.20. The molecule has 0 saturated heterocycles. The van der Waals surface area contributed by atoms with Gasteiger partial charge < -0.3 is 31.1 Å². The number of methoxy groups -OCH3 is 1. The van der Waals surface area contributed by atoms with E-state index in [1.165, 1.54) is 7.11 Å². The van der Waals surface area contributed by atoms with E-state index in [1.54, 1.807) is 19.1 Å². The minimum absolute atomic E-state index is 0.00131. The summed E-state index contributed by atoms with van der Waals surface area (Å²) in [5.41, 5.74) is 5.51. The van der Waals surface area contributed by atoms with Gasteiger partial charge in [-0.3, -0.25) is 0 Å². The SMILES string of the molecule is COc1ccc(C#Cc2c(Cl)nc(N)nc2NC2(O)CCC(CO)C2O)c(C)n1. The van der Waals surface area contributed by atoms with E-state index in [-0.39, 0.29) is 35.5 Å². The highest BCUT2D eigenvalue weighted by Gasteiger charge is 2.47. The summed E-state index contributed by atoms with van der Waals surface area (Å²) in [6.45, 7) is 1.55. The summed E-state index contributed by atoms with van der Waals surface area (Å²) in [6.07, 6.45) is -0.557. The molecule has 1 fully saturated rings. The van der Waals surface area contributed by atoms with Crippen LogP contribution in [0.1, 0.15) is 29.7 Å². The molecule has 3 atom stereocenters. The lowest BCUT2D eigenvalue weighted by Gasteiger charge is -2.30. The highest BCUT2D eigenvalue weighted by molar-refractivity contribution is 6.31. The van der Waals surface area contributed by atoms with E-state index in [2.05, 4.69) is 32.1 Å². The first-order valence-electron chi connectivity index (χ1n) is 8.93. The lowest BCUT2D eigenvalue weighted by molar-refractivity contribution is -0.0545. The molecule has 3 rings (SSSR count). The van der Waals surface area contributed by atoms with Gasteiger partial charge in [0, 0.05) is 24.2 Å². The summed E-state index contributed by atoms with van der Waals surface area (Å²) in [7, 11) is 1.53. The number of pyridine rings is 1. The van der Waals surface area contributed by atoms with Crippen LogP contribution in [-0.2, 0) is 0 Å². The van der Waals surface area contributed by atoms with Crippen LogP contribution in [-0.4, -0.2) is 55.8 Å². The number of aliphatic hydroxyl groups is 3. The van der Waals surface area contributed by atoms with Gasteiger partial charge in [-0.15, -0.1) is 0 Å². The van der Waals surface area contributed by atoms with Crippen molar-refractivity contribution in [1.82, 2.24) is 15.0 Å². The first-order chi connectivity index (χ1) is 13.8. The third-order valence-corrected chi connectivity index (χ3v) is 5.15. The molecule has 10 heteroatoms. The predicted octanol–water partition coefficient (Wildman–Crippen LogP) is 0.688. The Morgan fingerprint density at radius 1 is 1.34 bits per heavy atom. The molecule has 0 aliphatic heterocycles. The first-order valence-corrected chi connectivity index (χ1v) is 9.31. The number of rotatable bonds is 4. The van der Waals surface area contributed by atoms with Gasteiger partial charge in [0.05, 0.1) is 12.8 Å². The molecule has 0 radical (unpaired) electrons. The lowest BCUT2D eigenvalue weighted by Crippen LogP contribution is -2.48. The third-order valence-electron chi connectivity index (χ3n) is 4.88. The van der Waals surface area contributed by atoms with Crippen molar-refractivity contribution in [3.8, 4) is 17.7 Å². The highest BCUT2D eigenvalue weighted by atomic mass is 35.5. The summed E-state index contributed by atoms with van der Waals surface area (Å²) < 4.78 is 5.08. The van der Waals surface area contributed by atoms with E-state index in [4.69, 9.17) is 22.1 Å². The normalized spacial score (nSPS) is 23.4. The fourth-order valence-corrected chi connectivity index (χ4v) is 3.42. The number of nitrogens with zero attached hydrogens (tertiary/aromatic N) is 3. The summed E-state index contributed by atoms with van der Waals surface area (Å²) in [6, 6.07) is 3.44. The molecule has 1 aliphatic carbocycles. The van der Waals surface area contributed by atoms with Crippen molar-refractivity contribution in [2.75, 3.05) is 24.8 Å². The second-order valence-corrected chi connectivity index (χ2v) is 7.17. The quantitative estimate of drug-likeness (QED) is 0.274. The van der Waals surface area contributed by atoms with Crippen LogP contribution in [0.15, 0.2) is 12.1 Å². The lowest BCUT2D eigenvalue weighted by atomic mass is 10.0. The maximum Gasteiger partial charge on any atom is 0.223 e. The summed E-state index contributed by atoms with van der Waals surface area (Å²) in [4.78, 5) is 12.3. The van der Waals surface area contributed by atoms with Gasteiger partial charge in [-0.25, -0.2) is 4.98 Å². The number of anilines is 2. The zero-order chi connectivity index (χ0) is 21.2. The molecule has 154 valence electrons. The minimum atomic E-state index is -1.70. The van der Waals surface area contributed by atoms with Crippen molar-refractivity contribution in [3.63, 3.8) is 0 Å². The van der Waals surface area contributed by atoms with Gasteiger partial charge >= 0.3 is 0 Å². The van der Waals surface area contributed by atoms with Crippen LogP contribution in [0.2, 0.25) is 5.15 Å². The molecule has 2 heterocycles. The molecule has 29 heavy (non-hydrogen) atoms. The number of aromatic nitrogens is 3. The number of nitrogen functional groups attached to an aromatic ring is 1. The Labute approximate surface area is 172 Å². The zero-order valence-corrected chi connectivity index (χ0v) is 16.7. The molecule has 0 spiro atoms.